The van der Waals surface area contributed by atoms with E-state index >= 15 is 0 Å². The van der Waals surface area contributed by atoms with Crippen LogP contribution in [0.5, 0.6) is 0 Å². The number of ether oxygens (including phenoxy) is 1. The summed E-state index contributed by atoms with van der Waals surface area (Å²) in [6.07, 6.45) is 4.03. The van der Waals surface area contributed by atoms with Crippen molar-refractivity contribution in [3.63, 3.8) is 0 Å². The fourth-order valence-corrected chi connectivity index (χ4v) is 2.86. The number of hydrogen-bond acceptors (Lipinski definition) is 4. The van der Waals surface area contributed by atoms with Crippen LogP contribution in [0, 0.1) is 5.41 Å². The summed E-state index contributed by atoms with van der Waals surface area (Å²) >= 11 is 0. The number of nitrogens with two attached hydrogens (primary N) is 1. The second kappa shape index (κ2) is 7.47. The monoisotopic (exact) mass is 285 g/mol. The van der Waals surface area contributed by atoms with E-state index in [1.807, 2.05) is 18.7 Å². The minimum Gasteiger partial charge on any atom is -0.409 e. The Hall–Kier alpha value is -1.30. The van der Waals surface area contributed by atoms with E-state index in [1.165, 1.54) is 0 Å². The number of oxime groups is 1. The van der Waals surface area contributed by atoms with Crippen LogP contribution in [0.15, 0.2) is 5.16 Å². The first-order valence-electron chi connectivity index (χ1n) is 7.31. The number of nitrogens with zero attached hydrogens (tertiary/aromatic N) is 2. The van der Waals surface area contributed by atoms with E-state index in [4.69, 9.17) is 15.7 Å². The first-order valence-corrected chi connectivity index (χ1v) is 7.31. The summed E-state index contributed by atoms with van der Waals surface area (Å²) in [7, 11) is 1.62. The lowest BCUT2D eigenvalue weighted by molar-refractivity contribution is -0.141. The van der Waals surface area contributed by atoms with Gasteiger partial charge >= 0.3 is 0 Å². The summed E-state index contributed by atoms with van der Waals surface area (Å²) in [6.45, 7) is 5.08. The van der Waals surface area contributed by atoms with Gasteiger partial charge in [0.25, 0.3) is 0 Å². The van der Waals surface area contributed by atoms with E-state index in [2.05, 4.69) is 5.16 Å². The molecule has 0 bridgehead atoms. The molecule has 0 aromatic rings. The van der Waals surface area contributed by atoms with Crippen molar-refractivity contribution in [2.45, 2.75) is 52.0 Å². The number of carbonyl (C=O) groups is 1. The zero-order valence-electron chi connectivity index (χ0n) is 12.8. The first kappa shape index (κ1) is 16.8. The Labute approximate surface area is 120 Å². The van der Waals surface area contributed by atoms with Gasteiger partial charge in [0.2, 0.25) is 5.91 Å². The minimum absolute atomic E-state index is 0.0308. The molecule has 116 valence electrons. The van der Waals surface area contributed by atoms with Gasteiger partial charge in [0.05, 0.1) is 6.61 Å². The summed E-state index contributed by atoms with van der Waals surface area (Å²) in [4.78, 5) is 14.8. The molecule has 1 rings (SSSR count). The smallest absolute Gasteiger partial charge is 0.236 e. The fourth-order valence-electron chi connectivity index (χ4n) is 2.86. The molecule has 1 aliphatic rings. The van der Waals surface area contributed by atoms with Crippen molar-refractivity contribution in [2.24, 2.45) is 16.3 Å². The number of methoxy groups -OCH3 is 1. The number of rotatable bonds is 7. The molecule has 0 aromatic carbocycles. The molecule has 1 saturated carbocycles. The third-order valence-corrected chi connectivity index (χ3v) is 4.38. The Morgan fingerprint density at radius 1 is 1.50 bits per heavy atom. The van der Waals surface area contributed by atoms with Crippen LogP contribution in [0.3, 0.4) is 0 Å². The van der Waals surface area contributed by atoms with E-state index in [0.29, 0.717) is 26.0 Å². The lowest BCUT2D eigenvalue weighted by Crippen LogP contribution is -2.53. The summed E-state index contributed by atoms with van der Waals surface area (Å²) in [5, 5.41) is 12.2. The third-order valence-electron chi connectivity index (χ3n) is 4.38. The maximum absolute atomic E-state index is 13.0. The fraction of sp³-hybridized carbons (Fsp3) is 0.857. The van der Waals surface area contributed by atoms with E-state index in [9.17, 15) is 4.79 Å². The van der Waals surface area contributed by atoms with Crippen LogP contribution < -0.4 is 5.73 Å². The predicted octanol–water partition coefficient (Wildman–Crippen LogP) is 1.57. The van der Waals surface area contributed by atoms with Crippen LogP contribution in [-0.4, -0.2) is 48.2 Å². The largest absolute Gasteiger partial charge is 0.409 e. The van der Waals surface area contributed by atoms with Crippen LogP contribution in [0.1, 0.15) is 46.0 Å². The zero-order chi connectivity index (χ0) is 15.2. The average molecular weight is 285 g/mol. The zero-order valence-corrected chi connectivity index (χ0v) is 12.8. The Kier molecular flexibility index (Phi) is 6.26. The normalized spacial score (nSPS) is 19.9. The molecule has 0 saturated heterocycles. The lowest BCUT2D eigenvalue weighted by Gasteiger charge is -2.36. The number of hydrogen-bond donors (Lipinski definition) is 2. The lowest BCUT2D eigenvalue weighted by atomic mass is 9.82. The molecule has 1 atom stereocenters. The van der Waals surface area contributed by atoms with Gasteiger partial charge in [-0.1, -0.05) is 24.9 Å². The SMILES string of the molecule is CCC(C)N(CCOC)C(=O)C1(C(N)=NO)CCCC1. The molecule has 0 aromatic heterocycles. The average Bonchev–Trinajstić information content (AvgIpc) is 2.96. The molecule has 1 aliphatic carbocycles. The van der Waals surface area contributed by atoms with Crippen molar-refractivity contribution in [1.82, 2.24) is 4.90 Å². The first-order chi connectivity index (χ1) is 9.53. The maximum atomic E-state index is 13.0. The van der Waals surface area contributed by atoms with Crippen molar-refractivity contribution in [2.75, 3.05) is 20.3 Å². The van der Waals surface area contributed by atoms with E-state index in [1.54, 1.807) is 7.11 Å². The van der Waals surface area contributed by atoms with Crippen molar-refractivity contribution in [3.8, 4) is 0 Å². The Morgan fingerprint density at radius 3 is 2.55 bits per heavy atom. The summed E-state index contributed by atoms with van der Waals surface area (Å²) in [6, 6.07) is 0.113. The van der Waals surface area contributed by atoms with Crippen LogP contribution >= 0.6 is 0 Å². The third kappa shape index (κ3) is 3.23. The molecule has 6 heteroatoms. The molecule has 0 aliphatic heterocycles. The summed E-state index contributed by atoms with van der Waals surface area (Å²) in [5.41, 5.74) is 5.02. The second-order valence-corrected chi connectivity index (χ2v) is 5.52. The van der Waals surface area contributed by atoms with Gasteiger partial charge in [-0.25, -0.2) is 0 Å². The highest BCUT2D eigenvalue weighted by atomic mass is 16.5. The number of amidine groups is 1. The van der Waals surface area contributed by atoms with Crippen LogP contribution in [0.25, 0.3) is 0 Å². The van der Waals surface area contributed by atoms with Gasteiger partial charge in [-0.3, -0.25) is 4.79 Å². The molecular weight excluding hydrogens is 258 g/mol. The van der Waals surface area contributed by atoms with E-state index < -0.39 is 5.41 Å². The van der Waals surface area contributed by atoms with E-state index in [0.717, 1.165) is 19.3 Å². The molecule has 0 spiro atoms. The highest BCUT2D eigenvalue weighted by molar-refractivity contribution is 6.07. The molecule has 20 heavy (non-hydrogen) atoms. The molecule has 6 nitrogen and oxygen atoms in total. The molecule has 0 radical (unpaired) electrons. The molecule has 0 heterocycles. The van der Waals surface area contributed by atoms with Crippen molar-refractivity contribution < 1.29 is 14.7 Å². The summed E-state index contributed by atoms with van der Waals surface area (Å²) < 4.78 is 5.09. The minimum atomic E-state index is -0.827. The van der Waals surface area contributed by atoms with Crippen LogP contribution in [0.4, 0.5) is 0 Å². The molecule has 1 fully saturated rings. The van der Waals surface area contributed by atoms with Crippen LogP contribution in [0.2, 0.25) is 0 Å². The molecular formula is C14H27N3O3. The maximum Gasteiger partial charge on any atom is 0.236 e. The Morgan fingerprint density at radius 2 is 2.10 bits per heavy atom. The van der Waals surface area contributed by atoms with Gasteiger partial charge < -0.3 is 20.6 Å². The topological polar surface area (TPSA) is 88.2 Å². The molecule has 1 unspecified atom stereocenters. The van der Waals surface area contributed by atoms with Gasteiger partial charge in [0.1, 0.15) is 5.41 Å². The van der Waals surface area contributed by atoms with Gasteiger partial charge in [-0.2, -0.15) is 0 Å². The van der Waals surface area contributed by atoms with Crippen LogP contribution in [-0.2, 0) is 9.53 Å². The quantitative estimate of drug-likeness (QED) is 0.321. The van der Waals surface area contributed by atoms with Gasteiger partial charge in [0.15, 0.2) is 5.84 Å². The Bertz CT molecular complexity index is 352. The molecule has 1 amide bonds. The van der Waals surface area contributed by atoms with Crippen molar-refractivity contribution in [1.29, 1.82) is 0 Å². The Balaban J connectivity index is 3.01. The standard InChI is InChI=1S/C14H27N3O3/c1-4-11(2)17(9-10-20-3)13(18)14(12(15)16-19)7-5-6-8-14/h11,19H,4-10H2,1-3H3,(H2,15,16). The highest BCUT2D eigenvalue weighted by Crippen LogP contribution is 2.40. The highest BCUT2D eigenvalue weighted by Gasteiger charge is 2.48. The second-order valence-electron chi connectivity index (χ2n) is 5.52. The predicted molar refractivity (Wildman–Crippen MR) is 77.7 cm³/mol. The summed E-state index contributed by atoms with van der Waals surface area (Å²) in [5.74, 6) is 0.0161. The molecule has 3 N–H and O–H groups in total. The van der Waals surface area contributed by atoms with Gasteiger partial charge in [-0.15, -0.1) is 0 Å². The van der Waals surface area contributed by atoms with E-state index in [-0.39, 0.29) is 17.8 Å². The van der Waals surface area contributed by atoms with Gasteiger partial charge in [-0.05, 0) is 26.2 Å². The van der Waals surface area contributed by atoms with Crippen molar-refractivity contribution >= 4 is 11.7 Å². The van der Waals surface area contributed by atoms with Gasteiger partial charge in [0, 0.05) is 19.7 Å². The number of amides is 1. The number of carbonyl (C=O) groups excluding carboxylic acids is 1. The van der Waals surface area contributed by atoms with Crippen molar-refractivity contribution in [3.05, 3.63) is 0 Å².